The van der Waals surface area contributed by atoms with Crippen molar-refractivity contribution in [1.82, 2.24) is 5.32 Å². The number of guanidine groups is 1. The fourth-order valence-corrected chi connectivity index (χ4v) is 1.30. The number of nitriles is 2. The quantitative estimate of drug-likeness (QED) is 0.374. The van der Waals surface area contributed by atoms with Gasteiger partial charge in [0.2, 0.25) is 5.96 Å². The maximum Gasteiger partial charge on any atom is 0.209 e. The second-order valence-corrected chi connectivity index (χ2v) is 5.57. The van der Waals surface area contributed by atoms with Crippen molar-refractivity contribution in [3.05, 3.63) is 29.8 Å². The van der Waals surface area contributed by atoms with Crippen LogP contribution in [0.25, 0.3) is 0 Å². The Morgan fingerprint density at radius 1 is 1.20 bits per heavy atom. The molecule has 1 aromatic rings. The van der Waals surface area contributed by atoms with Crippen molar-refractivity contribution in [2.24, 2.45) is 10.4 Å². The third-order valence-electron chi connectivity index (χ3n) is 3.03. The SMILES string of the molecule is CC(N=C(NC#N)Nc1ccc(C#N)cc1)C(C)(C)C. The summed E-state index contributed by atoms with van der Waals surface area (Å²) in [5.41, 5.74) is 1.37. The van der Waals surface area contributed by atoms with Gasteiger partial charge < -0.3 is 5.32 Å². The van der Waals surface area contributed by atoms with Gasteiger partial charge in [0.05, 0.1) is 17.7 Å². The molecule has 0 aromatic heterocycles. The molecule has 0 amide bonds. The molecule has 1 rings (SSSR count). The summed E-state index contributed by atoms with van der Waals surface area (Å²) in [6, 6.07) is 9.07. The lowest BCUT2D eigenvalue weighted by molar-refractivity contribution is 0.341. The highest BCUT2D eigenvalue weighted by molar-refractivity contribution is 5.94. The number of rotatable bonds is 2. The standard InChI is InChI=1S/C15H19N5/c1-11(15(2,3)4)19-14(18-10-17)20-13-7-5-12(9-16)6-8-13/h5-8,11H,1-4H3,(H2,18,19,20). The summed E-state index contributed by atoms with van der Waals surface area (Å²) >= 11 is 0. The number of aliphatic imine (C=N–C) groups is 1. The third-order valence-corrected chi connectivity index (χ3v) is 3.03. The highest BCUT2D eigenvalue weighted by Crippen LogP contribution is 2.21. The van der Waals surface area contributed by atoms with E-state index in [9.17, 15) is 0 Å². The number of hydrogen-bond donors (Lipinski definition) is 2. The predicted molar refractivity (Wildman–Crippen MR) is 79.9 cm³/mol. The van der Waals surface area contributed by atoms with Crippen LogP contribution in [0, 0.1) is 28.2 Å². The van der Waals surface area contributed by atoms with Crippen LogP contribution in [0.1, 0.15) is 33.3 Å². The van der Waals surface area contributed by atoms with Crippen LogP contribution in [-0.4, -0.2) is 12.0 Å². The molecule has 1 aromatic carbocycles. The smallest absolute Gasteiger partial charge is 0.209 e. The van der Waals surface area contributed by atoms with Crippen LogP contribution in [0.15, 0.2) is 29.3 Å². The first-order chi connectivity index (χ1) is 9.36. The van der Waals surface area contributed by atoms with E-state index in [-0.39, 0.29) is 11.5 Å². The van der Waals surface area contributed by atoms with Gasteiger partial charge in [-0.15, -0.1) is 0 Å². The number of nitrogens with one attached hydrogen (secondary N) is 2. The van der Waals surface area contributed by atoms with Gasteiger partial charge in [0.1, 0.15) is 0 Å². The molecule has 5 heteroatoms. The second kappa shape index (κ2) is 6.58. The summed E-state index contributed by atoms with van der Waals surface area (Å²) in [4.78, 5) is 4.48. The molecule has 0 spiro atoms. The van der Waals surface area contributed by atoms with Crippen LogP contribution >= 0.6 is 0 Å². The van der Waals surface area contributed by atoms with Crippen LogP contribution in [0.5, 0.6) is 0 Å². The van der Waals surface area contributed by atoms with Gasteiger partial charge in [-0.1, -0.05) is 20.8 Å². The zero-order valence-electron chi connectivity index (χ0n) is 12.2. The van der Waals surface area contributed by atoms with Crippen molar-refractivity contribution < 1.29 is 0 Å². The zero-order chi connectivity index (χ0) is 15.2. The van der Waals surface area contributed by atoms with Crippen LogP contribution in [0.4, 0.5) is 5.69 Å². The van der Waals surface area contributed by atoms with Crippen molar-refractivity contribution in [2.75, 3.05) is 5.32 Å². The summed E-state index contributed by atoms with van der Waals surface area (Å²) in [5, 5.41) is 23.1. The first-order valence-corrected chi connectivity index (χ1v) is 6.37. The molecule has 1 unspecified atom stereocenters. The average molecular weight is 269 g/mol. The van der Waals surface area contributed by atoms with Crippen molar-refractivity contribution in [3.8, 4) is 12.3 Å². The molecule has 0 aliphatic rings. The Labute approximate surface area is 119 Å². The van der Waals surface area contributed by atoms with Crippen LogP contribution in [0.2, 0.25) is 0 Å². The molecule has 0 bridgehead atoms. The zero-order valence-corrected chi connectivity index (χ0v) is 12.2. The van der Waals surface area contributed by atoms with E-state index in [1.54, 1.807) is 24.3 Å². The Morgan fingerprint density at radius 2 is 1.80 bits per heavy atom. The second-order valence-electron chi connectivity index (χ2n) is 5.57. The lowest BCUT2D eigenvalue weighted by atomic mass is 9.88. The maximum atomic E-state index is 8.79. The third kappa shape index (κ3) is 4.62. The van der Waals surface area contributed by atoms with Gasteiger partial charge >= 0.3 is 0 Å². The maximum absolute atomic E-state index is 8.79. The molecular weight excluding hydrogens is 250 g/mol. The van der Waals surface area contributed by atoms with Crippen molar-refractivity contribution >= 4 is 11.6 Å². The predicted octanol–water partition coefficient (Wildman–Crippen LogP) is 2.83. The summed E-state index contributed by atoms with van der Waals surface area (Å²) in [6.07, 6.45) is 1.87. The van der Waals surface area contributed by atoms with E-state index in [2.05, 4.69) is 42.5 Å². The minimum Gasteiger partial charge on any atom is -0.326 e. The highest BCUT2D eigenvalue weighted by Gasteiger charge is 2.19. The van der Waals surface area contributed by atoms with Gasteiger partial charge in [0.15, 0.2) is 6.19 Å². The Hall–Kier alpha value is -2.53. The van der Waals surface area contributed by atoms with E-state index >= 15 is 0 Å². The molecule has 5 nitrogen and oxygen atoms in total. The van der Waals surface area contributed by atoms with Crippen molar-refractivity contribution in [1.29, 1.82) is 10.5 Å². The van der Waals surface area contributed by atoms with Gasteiger partial charge in [-0.2, -0.15) is 10.5 Å². The fraction of sp³-hybridized carbons (Fsp3) is 0.400. The molecule has 1 atom stereocenters. The van der Waals surface area contributed by atoms with Gasteiger partial charge in [0, 0.05) is 5.69 Å². The van der Waals surface area contributed by atoms with Gasteiger partial charge in [-0.3, -0.25) is 5.32 Å². The summed E-state index contributed by atoms with van der Waals surface area (Å²) in [7, 11) is 0. The molecule has 2 N–H and O–H groups in total. The number of hydrogen-bond acceptors (Lipinski definition) is 3. The van der Waals surface area contributed by atoms with E-state index < -0.39 is 0 Å². The Morgan fingerprint density at radius 3 is 2.25 bits per heavy atom. The van der Waals surface area contributed by atoms with Crippen LogP contribution < -0.4 is 10.6 Å². The summed E-state index contributed by atoms with van der Waals surface area (Å²) < 4.78 is 0. The van der Waals surface area contributed by atoms with Gasteiger partial charge in [-0.25, -0.2) is 4.99 Å². The average Bonchev–Trinajstić information content (AvgIpc) is 2.38. The number of anilines is 1. The Kier molecular flexibility index (Phi) is 5.11. The molecular formula is C15H19N5. The minimum absolute atomic E-state index is 0.00866. The Bertz CT molecular complexity index is 552. The molecule has 20 heavy (non-hydrogen) atoms. The monoisotopic (exact) mass is 269 g/mol. The molecule has 0 saturated carbocycles. The normalized spacial score (nSPS) is 13.0. The molecule has 0 aliphatic heterocycles. The molecule has 0 radical (unpaired) electrons. The van der Waals surface area contributed by atoms with Crippen LogP contribution in [-0.2, 0) is 0 Å². The molecule has 104 valence electrons. The first-order valence-electron chi connectivity index (χ1n) is 6.37. The molecule has 0 aliphatic carbocycles. The van der Waals surface area contributed by atoms with E-state index in [1.807, 2.05) is 13.1 Å². The van der Waals surface area contributed by atoms with E-state index in [4.69, 9.17) is 10.5 Å². The minimum atomic E-state index is 0.00866. The van der Waals surface area contributed by atoms with Gasteiger partial charge in [-0.05, 0) is 36.6 Å². The topological polar surface area (TPSA) is 84.0 Å². The van der Waals surface area contributed by atoms with Crippen molar-refractivity contribution in [2.45, 2.75) is 33.7 Å². The number of nitrogens with zero attached hydrogens (tertiary/aromatic N) is 3. The lowest BCUT2D eigenvalue weighted by Gasteiger charge is -2.24. The molecule has 0 heterocycles. The Balaban J connectivity index is 2.90. The number of benzene rings is 1. The molecule has 0 fully saturated rings. The van der Waals surface area contributed by atoms with E-state index in [0.29, 0.717) is 11.5 Å². The fourth-order valence-electron chi connectivity index (χ4n) is 1.30. The summed E-state index contributed by atoms with van der Waals surface area (Å²) in [5.74, 6) is 0.402. The van der Waals surface area contributed by atoms with E-state index in [0.717, 1.165) is 5.69 Å². The van der Waals surface area contributed by atoms with Crippen molar-refractivity contribution in [3.63, 3.8) is 0 Å². The highest BCUT2D eigenvalue weighted by atomic mass is 15.2. The lowest BCUT2D eigenvalue weighted by Crippen LogP contribution is -2.31. The summed E-state index contributed by atoms with van der Waals surface area (Å²) in [6.45, 7) is 8.27. The first kappa shape index (κ1) is 15.5. The largest absolute Gasteiger partial charge is 0.326 e. The van der Waals surface area contributed by atoms with Crippen LogP contribution in [0.3, 0.4) is 0 Å². The molecule has 0 saturated heterocycles. The van der Waals surface area contributed by atoms with Gasteiger partial charge in [0.25, 0.3) is 0 Å². The van der Waals surface area contributed by atoms with E-state index in [1.165, 1.54) is 0 Å².